The predicted octanol–water partition coefficient (Wildman–Crippen LogP) is -2.19. The van der Waals surface area contributed by atoms with Crippen molar-refractivity contribution in [1.82, 2.24) is 16.0 Å². The van der Waals surface area contributed by atoms with E-state index in [1.54, 1.807) is 6.08 Å². The van der Waals surface area contributed by atoms with Crippen molar-refractivity contribution in [3.63, 3.8) is 0 Å². The summed E-state index contributed by atoms with van der Waals surface area (Å²) in [7, 11) is 0. The largest absolute Gasteiger partial charge is 0.477 e. The zero-order chi connectivity index (χ0) is 86.1. The van der Waals surface area contributed by atoms with Crippen LogP contribution in [0.3, 0.4) is 0 Å². The van der Waals surface area contributed by atoms with E-state index in [0.717, 1.165) is 71.6 Å². The zero-order valence-electron chi connectivity index (χ0n) is 68.4. The number of ether oxygens (including phenoxy) is 12. The first-order valence-electron chi connectivity index (χ1n) is 42.5. The molecule has 0 saturated carbocycles. The van der Waals surface area contributed by atoms with Crippen LogP contribution in [0.25, 0.3) is 0 Å². The number of aliphatic carboxylic acids is 1. The second kappa shape index (κ2) is 52.9. The summed E-state index contributed by atoms with van der Waals surface area (Å²) >= 11 is 0. The lowest BCUT2D eigenvalue weighted by Gasteiger charge is -2.52. The number of carbonyl (C=O) groups is 4. The van der Waals surface area contributed by atoms with Gasteiger partial charge in [-0.1, -0.05) is 180 Å². The lowest BCUT2D eigenvalue weighted by Crippen LogP contribution is -2.72. The predicted molar refractivity (Wildman–Crippen MR) is 410 cm³/mol. The van der Waals surface area contributed by atoms with Crippen molar-refractivity contribution in [3.8, 4) is 0 Å². The maximum Gasteiger partial charge on any atom is 0.364 e. The summed E-state index contributed by atoms with van der Waals surface area (Å²) < 4.78 is 71.9. The second-order valence-corrected chi connectivity index (χ2v) is 32.1. The third kappa shape index (κ3) is 30.4. The highest BCUT2D eigenvalue weighted by atomic mass is 16.8. The van der Waals surface area contributed by atoms with E-state index in [1.165, 1.54) is 116 Å². The molecule has 38 nitrogen and oxygen atoms in total. The van der Waals surface area contributed by atoms with Crippen LogP contribution in [0.5, 0.6) is 0 Å². The molecule has 117 heavy (non-hydrogen) atoms. The Kier molecular flexibility index (Phi) is 46.2. The van der Waals surface area contributed by atoms with Gasteiger partial charge in [-0.05, 0) is 26.2 Å². The number of nitrogens with one attached hydrogen (secondary N) is 3. The molecule has 682 valence electrons. The molecule has 6 rings (SSSR count). The van der Waals surface area contributed by atoms with Crippen molar-refractivity contribution in [2.24, 2.45) is 0 Å². The van der Waals surface area contributed by atoms with Gasteiger partial charge in [0.2, 0.25) is 17.7 Å². The van der Waals surface area contributed by atoms with Crippen LogP contribution in [0.15, 0.2) is 12.2 Å². The Labute approximate surface area is 684 Å². The standard InChI is InChI=1S/C79H141N3O35/c1-6-8-10-12-14-16-18-20-21-23-25-27-29-31-33-35-54(93)82-46(47(90)34-32-30-28-26-24-22-19-17-15-13-11-9-7-2)42-106-74-64(101)62(99)68(52(40-86)110-74)113-77-66(103)72(117-79(78(104)105)36-48(91)55(80-44(4)88)70(116-79)58(95)49(92)37-83)69(53(41-87)111-77)114-73-56(81-45(5)89)60(97)67(51(39-85)109-73)112-76-65(102)71(59(96)50(38-84)108-76)115-75-63(100)61(98)57(94)43(3)107-75/h32,34,43,46-53,55-77,83-87,90-92,94-103H,6-31,33,35-42H2,1-5H3,(H,80,88)(H,81,89)(H,82,93)(H,104,105)/t43?,46?,47?,48?,49?,50?,51?,52?,53?,55?,56?,57?,58?,59?,60?,61?,62?,63?,64?,65?,66?,67?,68?,69?,70?,71?,72?,73?,74?,75?,76?,77?,79-/m0/s1. The monoisotopic (exact) mass is 1690 g/mol. The molecular formula is C79H141N3O35. The molecule has 0 radical (unpaired) electrons. The number of allylic oxidation sites excluding steroid dienone is 1. The van der Waals surface area contributed by atoms with Crippen molar-refractivity contribution in [2.75, 3.05) is 39.6 Å². The number of unbranched alkanes of at least 4 members (excludes halogenated alkanes) is 25. The Morgan fingerprint density at radius 3 is 1.39 bits per heavy atom. The molecule has 6 saturated heterocycles. The van der Waals surface area contributed by atoms with E-state index in [0.29, 0.717) is 12.8 Å². The second-order valence-electron chi connectivity index (χ2n) is 32.1. The third-order valence-electron chi connectivity index (χ3n) is 22.7. The number of carboxylic acid groups (broad SMARTS) is 1. The molecule has 6 aliphatic rings. The number of aliphatic hydroxyl groups excluding tert-OH is 18. The molecular weight excluding hydrogens is 1550 g/mol. The first-order chi connectivity index (χ1) is 56.0. The topological polar surface area (TPSA) is 600 Å². The molecule has 33 atom stereocenters. The van der Waals surface area contributed by atoms with Gasteiger partial charge in [0.05, 0.1) is 70.0 Å². The summed E-state index contributed by atoms with van der Waals surface area (Å²) in [6.07, 6.45) is -26.5. The summed E-state index contributed by atoms with van der Waals surface area (Å²) in [6, 6.07) is -4.94. The quantitative estimate of drug-likeness (QED) is 0.0227. The highest BCUT2D eigenvalue weighted by molar-refractivity contribution is 5.77. The first kappa shape index (κ1) is 102. The smallest absolute Gasteiger partial charge is 0.364 e. The molecule has 0 aromatic heterocycles. The van der Waals surface area contributed by atoms with E-state index in [-0.39, 0.29) is 6.42 Å². The first-order valence-corrected chi connectivity index (χ1v) is 42.5. The number of carboxylic acids is 1. The molecule has 38 heteroatoms. The van der Waals surface area contributed by atoms with Gasteiger partial charge in [0.25, 0.3) is 5.79 Å². The Morgan fingerprint density at radius 1 is 0.462 bits per heavy atom. The molecule has 3 amide bonds. The van der Waals surface area contributed by atoms with E-state index in [4.69, 9.17) is 56.8 Å². The summed E-state index contributed by atoms with van der Waals surface area (Å²) in [4.78, 5) is 53.3. The Morgan fingerprint density at radius 2 is 0.889 bits per heavy atom. The summed E-state index contributed by atoms with van der Waals surface area (Å²) in [5, 5.41) is 221. The number of carbonyl (C=O) groups excluding carboxylic acids is 3. The Balaban J connectivity index is 1.24. The molecule has 6 aliphatic heterocycles. The van der Waals surface area contributed by atoms with Gasteiger partial charge in [0, 0.05) is 26.7 Å². The van der Waals surface area contributed by atoms with E-state index in [2.05, 4.69) is 29.8 Å². The molecule has 0 spiro atoms. The van der Waals surface area contributed by atoms with Gasteiger partial charge < -0.3 is 170 Å². The lowest BCUT2D eigenvalue weighted by molar-refractivity contribution is -0.404. The SMILES string of the molecule is CCCCCCCCCCCCCC=CC(O)C(COC1OC(CO)C(OC2OC(CO)C(OC3OC(CO)C(OC4OC(CO)C(O)C(OC5OC(C)C(O)C(O)C5O)C4O)C(O)C3NC(C)=O)C(O[C@]3(C(=O)O)CC(O)C(NC(C)=O)C(C(O)C(O)CO)O3)C2O)C(O)C1O)NC(=O)CCCCCCCCCCCCCCCCC. The minimum absolute atomic E-state index is 0.122. The Bertz CT molecular complexity index is 2810. The highest BCUT2D eigenvalue weighted by Crippen LogP contribution is 2.42. The van der Waals surface area contributed by atoms with E-state index >= 15 is 0 Å². The van der Waals surface area contributed by atoms with Crippen LogP contribution >= 0.6 is 0 Å². The van der Waals surface area contributed by atoms with Crippen molar-refractivity contribution in [2.45, 2.75) is 423 Å². The van der Waals surface area contributed by atoms with Crippen LogP contribution < -0.4 is 16.0 Å². The van der Waals surface area contributed by atoms with Crippen LogP contribution in [0.1, 0.15) is 221 Å². The van der Waals surface area contributed by atoms with Crippen molar-refractivity contribution in [1.29, 1.82) is 0 Å². The zero-order valence-corrected chi connectivity index (χ0v) is 68.4. The van der Waals surface area contributed by atoms with Crippen LogP contribution in [0, 0.1) is 0 Å². The maximum atomic E-state index is 13.9. The number of aliphatic hydroxyl groups is 18. The van der Waals surface area contributed by atoms with Crippen molar-refractivity contribution < 1.29 is 173 Å². The van der Waals surface area contributed by atoms with E-state index < -0.39 is 272 Å². The molecule has 6 heterocycles. The molecule has 0 aromatic carbocycles. The number of hydrogen-bond donors (Lipinski definition) is 22. The molecule has 0 aliphatic carbocycles. The van der Waals surface area contributed by atoms with E-state index in [1.807, 2.05) is 0 Å². The normalized spacial score (nSPS) is 36.6. The summed E-state index contributed by atoms with van der Waals surface area (Å²) in [6.45, 7) is 1.36. The van der Waals surface area contributed by atoms with Gasteiger partial charge in [0.1, 0.15) is 134 Å². The fourth-order valence-corrected chi connectivity index (χ4v) is 15.7. The number of amides is 3. The molecule has 0 bridgehead atoms. The molecule has 6 fully saturated rings. The van der Waals surface area contributed by atoms with Crippen LogP contribution in [-0.4, -0.2) is 362 Å². The van der Waals surface area contributed by atoms with Crippen molar-refractivity contribution >= 4 is 23.7 Å². The fraction of sp³-hybridized carbons (Fsp3) is 0.924. The van der Waals surface area contributed by atoms with E-state index in [9.17, 15) is 116 Å². The van der Waals surface area contributed by atoms with Crippen LogP contribution in [0.2, 0.25) is 0 Å². The number of rotatable bonds is 54. The third-order valence-corrected chi connectivity index (χ3v) is 22.7. The average Bonchev–Trinajstić information content (AvgIpc) is 0.748. The van der Waals surface area contributed by atoms with Gasteiger partial charge in [-0.2, -0.15) is 0 Å². The highest BCUT2D eigenvalue weighted by Gasteiger charge is 2.63. The minimum Gasteiger partial charge on any atom is -0.477 e. The molecule has 22 N–H and O–H groups in total. The summed E-state index contributed by atoms with van der Waals surface area (Å²) in [5.41, 5.74) is 0. The molecule has 0 aromatic rings. The average molecular weight is 1690 g/mol. The molecule has 32 unspecified atom stereocenters. The van der Waals surface area contributed by atoms with Gasteiger partial charge >= 0.3 is 5.97 Å². The minimum atomic E-state index is -3.41. The van der Waals surface area contributed by atoms with Gasteiger partial charge in [-0.25, -0.2) is 4.79 Å². The number of hydrogen-bond acceptors (Lipinski definition) is 34. The van der Waals surface area contributed by atoms with Crippen molar-refractivity contribution in [3.05, 3.63) is 12.2 Å². The van der Waals surface area contributed by atoms with Gasteiger partial charge in [-0.3, -0.25) is 14.4 Å². The Hall–Kier alpha value is -3.58. The maximum absolute atomic E-state index is 13.9. The van der Waals surface area contributed by atoms with Crippen LogP contribution in [-0.2, 0) is 76.0 Å². The van der Waals surface area contributed by atoms with Gasteiger partial charge in [-0.15, -0.1) is 0 Å². The van der Waals surface area contributed by atoms with Gasteiger partial charge in [0.15, 0.2) is 31.5 Å². The lowest BCUT2D eigenvalue weighted by atomic mass is 9.88. The van der Waals surface area contributed by atoms with Crippen LogP contribution in [0.4, 0.5) is 0 Å². The summed E-state index contributed by atoms with van der Waals surface area (Å²) in [5.74, 6) is -7.82. The fourth-order valence-electron chi connectivity index (χ4n) is 15.7.